The minimum atomic E-state index is -7.53. The van der Waals surface area contributed by atoms with Crippen molar-refractivity contribution < 1.29 is 224 Å². The molecule has 4 unspecified atom stereocenters. The first kappa shape index (κ1) is 116. The molecular weight excluding hydrogens is 2120 g/mol. The first-order chi connectivity index (χ1) is 46.5. The summed E-state index contributed by atoms with van der Waals surface area (Å²) in [6.07, 6.45) is -44.8. The van der Waals surface area contributed by atoms with Crippen LogP contribution in [0.25, 0.3) is 0 Å². The SMILES string of the molecule is C.C1CCOC1.CC(F)(F)C(F)(F)OC(F)(C(F)(F)F)C(F)(F)OC(F)(C(=O)NCCCCCCO)C(F)(F)F.COC(=O)C(F)(OC(F)(F)C(F)(OC(F)(F)C(C)(F)F)C(F)(F)F)C(F)(F)F.NCCCCCCO.O=[C-]NCCCCCC(=O)O.O=[C-]NCCCCCC(O)(P(=O)(O)O)P(=O)(O)O.[Rf].[Rf]. The van der Waals surface area contributed by atoms with Crippen LogP contribution in [0.15, 0.2) is 0 Å². The second-order valence-corrected chi connectivity index (χ2v) is 24.7. The van der Waals surface area contributed by atoms with Crippen molar-refractivity contribution in [3.63, 3.8) is 0 Å². The Morgan fingerprint density at radius 3 is 1.07 bits per heavy atom. The predicted octanol–water partition coefficient (Wildman–Crippen LogP) is 10.9. The Kier molecular flexibility index (Phi) is 52.2. The molecule has 13 N–H and O–H groups in total. The Balaban J connectivity index is -0.000000199. The van der Waals surface area contributed by atoms with Crippen LogP contribution in [0.2, 0.25) is 0 Å². The number of nitrogens with one attached hydrogen (secondary N) is 3. The van der Waals surface area contributed by atoms with E-state index >= 15 is 0 Å². The van der Waals surface area contributed by atoms with E-state index in [-0.39, 0.29) is 66.2 Å². The van der Waals surface area contributed by atoms with E-state index in [1.54, 1.807) is 11.1 Å². The molecule has 4 atom stereocenters. The van der Waals surface area contributed by atoms with Crippen LogP contribution < -0.4 is 21.7 Å². The average Bonchev–Trinajstić information content (AvgIpc) is 1.18. The largest absolute Gasteiger partial charge is 0.530 e. The fourth-order valence-corrected chi connectivity index (χ4v) is 8.43. The fraction of sp³-hybridized carbons (Fsp3) is 0.900. The molecule has 0 bridgehead atoms. The van der Waals surface area contributed by atoms with Gasteiger partial charge in [0.05, 0.1) is 7.11 Å². The van der Waals surface area contributed by atoms with Gasteiger partial charge in [0, 0.05) is 53.2 Å². The van der Waals surface area contributed by atoms with Crippen molar-refractivity contribution in [3.8, 4) is 0 Å². The summed E-state index contributed by atoms with van der Waals surface area (Å²) in [5.74, 6) is -47.2. The van der Waals surface area contributed by atoms with Crippen molar-refractivity contribution in [2.45, 2.75) is 226 Å². The van der Waals surface area contributed by atoms with Gasteiger partial charge in [0.2, 0.25) is 0 Å². The molecule has 0 saturated carbocycles. The Morgan fingerprint density at radius 1 is 0.477 bits per heavy atom. The molecule has 0 spiro atoms. The quantitative estimate of drug-likeness (QED) is 0.00675. The van der Waals surface area contributed by atoms with Crippen LogP contribution in [0.3, 0.4) is 0 Å². The van der Waals surface area contributed by atoms with Crippen LogP contribution in [-0.2, 0) is 61.5 Å². The van der Waals surface area contributed by atoms with E-state index in [4.69, 9.17) is 45.4 Å². The van der Waals surface area contributed by atoms with Gasteiger partial charge in [-0.25, -0.2) is 4.79 Å². The normalized spacial score (nSPS) is 15.7. The summed E-state index contributed by atoms with van der Waals surface area (Å²) in [6, 6.07) is 0. The second-order valence-electron chi connectivity index (χ2n) is 20.7. The summed E-state index contributed by atoms with van der Waals surface area (Å²) in [5, 5.41) is 36.9. The molecule has 1 aliphatic rings. The zero-order chi connectivity index (χ0) is 83.4. The number of ether oxygens (including phenoxy) is 6. The topological polar surface area (TPSA) is 399 Å². The number of nitrogens with two attached hydrogens (primary N) is 1. The minimum absolute atomic E-state index is 0. The molecule has 25 nitrogen and oxygen atoms in total. The van der Waals surface area contributed by atoms with Gasteiger partial charge < -0.3 is 80.7 Å². The molecule has 1 aliphatic heterocycles. The molecule has 1 heterocycles. The standard InChI is InChI=1S/C15H17F14NO4.C10H6F14O4.C7H16NO8P2.C7H12NO3.C6H15NO.C4H8O.CH4.2Rf/c1-9(16,17)14(26,27)34-11(19,13(23,24)25)15(28,29)33-10(18,12(20,21)22)8(32)30-6-4-2-3-5-7-31;1-4(11,12)9(21,22)28-6(14,8(18,19)20)10(23,24)27-5(13,3(25)26-2)7(15,16)17;9-6-8-5-3-1-2-4-7(10,17(11,12)13)18(14,15)16;9-6-8-5-3-1-2-4-7(10)11;7-5-3-1-2-4-6-8;1-2-4-5-3-1;;;/h31H,2-7H2,1H3,(H,30,32);1-2H3;10H,1-5H2,(H,8,9)(H2,11,12,13)(H2,14,15,16);1-5H2,(H,8,9)(H,10,11);8H,1-7H2;1-4H2;1H4;;/q;;2*-1;;;;;. The number of hydrogen-bond acceptors (Lipinski definition) is 17. The number of unbranched alkanes of at least 4 members (excludes halogenated alkanes) is 10. The van der Waals surface area contributed by atoms with Crippen molar-refractivity contribution >= 4 is 45.9 Å². The van der Waals surface area contributed by atoms with Crippen molar-refractivity contribution in [2.24, 2.45) is 5.73 Å². The molecule has 3 amide bonds. The van der Waals surface area contributed by atoms with Gasteiger partial charge in [-0.1, -0.05) is 46.0 Å². The molecule has 0 aliphatic carbocycles. The van der Waals surface area contributed by atoms with E-state index in [9.17, 15) is 161 Å². The molecule has 107 heavy (non-hydrogen) atoms. The summed E-state index contributed by atoms with van der Waals surface area (Å²) >= 11 is 0. The second kappa shape index (κ2) is 48.1. The first-order valence-electron chi connectivity index (χ1n) is 28.8. The number of halogens is 28. The molecule has 1 saturated heterocycles. The van der Waals surface area contributed by atoms with Gasteiger partial charge in [-0.05, 0) is 90.3 Å². The van der Waals surface area contributed by atoms with Gasteiger partial charge in [-0.15, -0.1) is 0 Å². The van der Waals surface area contributed by atoms with Crippen LogP contribution in [0.1, 0.15) is 137 Å². The van der Waals surface area contributed by atoms with E-state index in [1.165, 1.54) is 19.3 Å². The Labute approximate surface area is 577 Å². The first-order valence-corrected chi connectivity index (χ1v) is 32.0. The maximum atomic E-state index is 14.2. The van der Waals surface area contributed by atoms with Crippen molar-refractivity contribution in [2.75, 3.05) is 59.7 Å². The molecule has 0 aromatic rings. The number of carbonyl (C=O) groups is 3. The van der Waals surface area contributed by atoms with Gasteiger partial charge in [0.1, 0.15) is 0 Å². The third-order valence-corrected chi connectivity index (χ3v) is 15.8. The molecule has 0 aromatic heterocycles. The van der Waals surface area contributed by atoms with Crippen molar-refractivity contribution in [1.29, 1.82) is 0 Å². The van der Waals surface area contributed by atoms with Crippen molar-refractivity contribution in [1.82, 2.24) is 16.0 Å². The number of aliphatic hydroxyl groups is 3. The van der Waals surface area contributed by atoms with Crippen LogP contribution >= 0.6 is 15.2 Å². The van der Waals surface area contributed by atoms with Gasteiger partial charge in [-0.3, -0.25) is 37.7 Å². The monoisotopic (exact) mass is 2200 g/mol. The zero-order valence-electron chi connectivity index (χ0n) is 55.2. The summed E-state index contributed by atoms with van der Waals surface area (Å²) in [5.41, 5.74) is 5.25. The average molecular weight is 2200 g/mol. The third-order valence-electron chi connectivity index (χ3n) is 11.9. The van der Waals surface area contributed by atoms with Crippen LogP contribution in [-0.4, -0.2) is 220 Å². The molecule has 1 rings (SSSR count). The molecule has 0 aromatic carbocycles. The van der Waals surface area contributed by atoms with Crippen LogP contribution in [0, 0.1) is 0 Å². The maximum absolute atomic E-state index is 14.2. The number of amides is 3. The maximum Gasteiger partial charge on any atom is 0.460 e. The van der Waals surface area contributed by atoms with E-state index in [1.807, 2.05) is 9.47 Å². The number of alkyl halides is 28. The Hall–Kier alpha value is -6.67. The van der Waals surface area contributed by atoms with E-state index < -0.39 is 149 Å². The number of carboxylic acids is 1. The number of hydrogen-bond donors (Lipinski definition) is 12. The van der Waals surface area contributed by atoms with Gasteiger partial charge in [-0.2, -0.15) is 136 Å². The number of rotatable bonds is 41. The van der Waals surface area contributed by atoms with Crippen LogP contribution in [0.5, 0.6) is 0 Å². The summed E-state index contributed by atoms with van der Waals surface area (Å²) < 4.78 is 402. The minimum Gasteiger partial charge on any atom is -0.530 e. The third kappa shape index (κ3) is 38.5. The molecule has 57 heteroatoms. The van der Waals surface area contributed by atoms with Gasteiger partial charge in [0.25, 0.3) is 11.0 Å². The van der Waals surface area contributed by atoms with E-state index in [2.05, 4.69) is 20.1 Å². The summed E-state index contributed by atoms with van der Waals surface area (Å²) in [4.78, 5) is 86.8. The Morgan fingerprint density at radius 2 is 0.794 bits per heavy atom. The molecule has 636 valence electrons. The number of carbonyl (C=O) groups excluding carboxylic acids is 4. The van der Waals surface area contributed by atoms with E-state index in [0.29, 0.717) is 32.4 Å². The molecular formula is C50H78F28N4O21P2Rf2-2. The van der Waals surface area contributed by atoms with Crippen LogP contribution in [0.4, 0.5) is 123 Å². The Bertz CT molecular complexity index is 2550. The summed E-state index contributed by atoms with van der Waals surface area (Å²) in [7, 11) is -10.8. The smallest absolute Gasteiger partial charge is 0.460 e. The number of carboxylic acid groups (broad SMARTS) is 1. The predicted molar refractivity (Wildman–Crippen MR) is 298 cm³/mol. The van der Waals surface area contributed by atoms with Crippen molar-refractivity contribution in [3.05, 3.63) is 0 Å². The number of methoxy groups -OCH3 is 1. The zero-order valence-corrected chi connectivity index (χ0v) is 69.8. The number of aliphatic hydroxyl groups excluding tert-OH is 2. The molecule has 1 fully saturated rings. The van der Waals surface area contributed by atoms with Gasteiger partial charge in [0.15, 0.2) is 0 Å². The fourth-order valence-electron chi connectivity index (χ4n) is 6.17. The summed E-state index contributed by atoms with van der Waals surface area (Å²) in [6.45, 7) is 0.898. The number of aliphatic carboxylic acids is 1. The molecule has 0 radical (unpaired) electrons. The van der Waals surface area contributed by atoms with Gasteiger partial charge >= 0.3 is 112 Å². The number of esters is 1. The van der Waals surface area contributed by atoms with E-state index in [0.717, 1.165) is 63.6 Å².